The van der Waals surface area contributed by atoms with E-state index in [1.165, 1.54) is 5.56 Å². The van der Waals surface area contributed by atoms with Gasteiger partial charge in [-0.3, -0.25) is 9.69 Å². The van der Waals surface area contributed by atoms with Crippen LogP contribution in [0.3, 0.4) is 0 Å². The van der Waals surface area contributed by atoms with Crippen molar-refractivity contribution in [3.05, 3.63) is 64.2 Å². The van der Waals surface area contributed by atoms with Crippen LogP contribution in [0.15, 0.2) is 47.4 Å². The standard InChI is InChI=1S/C22H27ClN2O2S/c1-15-4-9-21(10-19(15)11-22(26)27)28-25-16(2)12-24(13-17(25)3)14-18-5-7-20(23)8-6-18/h4-10,16-17H,11-14H2,1-3H3,(H,26,27). The first-order valence-corrected chi connectivity index (χ1v) is 10.7. The highest BCUT2D eigenvalue weighted by Crippen LogP contribution is 2.32. The maximum Gasteiger partial charge on any atom is 0.307 e. The number of carboxylic acid groups (broad SMARTS) is 1. The predicted octanol–water partition coefficient (Wildman–Crippen LogP) is 4.88. The summed E-state index contributed by atoms with van der Waals surface area (Å²) in [6, 6.07) is 15.0. The van der Waals surface area contributed by atoms with E-state index < -0.39 is 5.97 Å². The minimum absolute atomic E-state index is 0.0697. The quantitative estimate of drug-likeness (QED) is 0.677. The molecule has 0 bridgehead atoms. The number of nitrogens with zero attached hydrogens (tertiary/aromatic N) is 2. The van der Waals surface area contributed by atoms with Crippen LogP contribution in [-0.4, -0.2) is 45.5 Å². The zero-order valence-corrected chi connectivity index (χ0v) is 18.1. The minimum Gasteiger partial charge on any atom is -0.481 e. The van der Waals surface area contributed by atoms with Crippen molar-refractivity contribution >= 4 is 29.5 Å². The number of carboxylic acids is 1. The molecular formula is C22H27ClN2O2S. The van der Waals surface area contributed by atoms with Crippen LogP contribution >= 0.6 is 23.5 Å². The first-order chi connectivity index (χ1) is 13.3. The van der Waals surface area contributed by atoms with Crippen molar-refractivity contribution in [2.45, 2.75) is 50.7 Å². The number of hydrogen-bond acceptors (Lipinski definition) is 4. The molecule has 1 aliphatic heterocycles. The van der Waals surface area contributed by atoms with Gasteiger partial charge in [-0.2, -0.15) is 0 Å². The number of aliphatic carboxylic acids is 1. The van der Waals surface area contributed by atoms with Gasteiger partial charge in [0.1, 0.15) is 0 Å². The molecule has 1 fully saturated rings. The summed E-state index contributed by atoms with van der Waals surface area (Å²) in [5, 5.41) is 9.89. The second kappa shape index (κ2) is 9.31. The van der Waals surface area contributed by atoms with Crippen molar-refractivity contribution in [3.63, 3.8) is 0 Å². The summed E-state index contributed by atoms with van der Waals surface area (Å²) < 4.78 is 2.44. The smallest absolute Gasteiger partial charge is 0.307 e. The van der Waals surface area contributed by atoms with E-state index >= 15 is 0 Å². The Labute approximate surface area is 176 Å². The lowest BCUT2D eigenvalue weighted by Crippen LogP contribution is -2.53. The summed E-state index contributed by atoms with van der Waals surface area (Å²) in [6.45, 7) is 9.39. The van der Waals surface area contributed by atoms with Crippen LogP contribution in [0.5, 0.6) is 0 Å². The largest absolute Gasteiger partial charge is 0.481 e. The first kappa shape index (κ1) is 21.2. The Morgan fingerprint density at radius 1 is 1.14 bits per heavy atom. The lowest BCUT2D eigenvalue weighted by Gasteiger charge is -2.43. The van der Waals surface area contributed by atoms with E-state index in [0.717, 1.165) is 40.7 Å². The Bertz CT molecular complexity index is 816. The number of carbonyl (C=O) groups is 1. The lowest BCUT2D eigenvalue weighted by molar-refractivity contribution is -0.136. The van der Waals surface area contributed by atoms with E-state index in [2.05, 4.69) is 41.3 Å². The van der Waals surface area contributed by atoms with Crippen LogP contribution in [0.25, 0.3) is 0 Å². The number of rotatable bonds is 6. The summed E-state index contributed by atoms with van der Waals surface area (Å²) in [4.78, 5) is 14.7. The molecule has 4 nitrogen and oxygen atoms in total. The van der Waals surface area contributed by atoms with Crippen molar-refractivity contribution in [2.24, 2.45) is 0 Å². The van der Waals surface area contributed by atoms with Crippen LogP contribution in [0.1, 0.15) is 30.5 Å². The molecule has 1 saturated heterocycles. The molecule has 1 N–H and O–H groups in total. The van der Waals surface area contributed by atoms with Crippen molar-refractivity contribution in [1.29, 1.82) is 0 Å². The number of aryl methyl sites for hydroxylation is 1. The van der Waals surface area contributed by atoms with Gasteiger partial charge in [0.05, 0.1) is 6.42 Å². The molecule has 0 saturated carbocycles. The number of halogens is 1. The molecule has 0 radical (unpaired) electrons. The van der Waals surface area contributed by atoms with Crippen molar-refractivity contribution < 1.29 is 9.90 Å². The molecule has 1 aliphatic rings. The van der Waals surface area contributed by atoms with Crippen LogP contribution in [0, 0.1) is 6.92 Å². The maximum atomic E-state index is 11.1. The lowest BCUT2D eigenvalue weighted by atomic mass is 10.1. The molecular weight excluding hydrogens is 392 g/mol. The number of hydrogen-bond donors (Lipinski definition) is 1. The van der Waals surface area contributed by atoms with Gasteiger partial charge in [-0.15, -0.1) is 0 Å². The van der Waals surface area contributed by atoms with Gasteiger partial charge in [0.15, 0.2) is 0 Å². The summed E-state index contributed by atoms with van der Waals surface area (Å²) >= 11 is 7.73. The third-order valence-electron chi connectivity index (χ3n) is 5.11. The molecule has 6 heteroatoms. The molecule has 2 unspecified atom stereocenters. The Hall–Kier alpha value is -1.53. The fraction of sp³-hybridized carbons (Fsp3) is 0.409. The Kier molecular flexibility index (Phi) is 7.05. The second-order valence-corrected chi connectivity index (χ2v) is 9.14. The van der Waals surface area contributed by atoms with Crippen LogP contribution < -0.4 is 0 Å². The van der Waals surface area contributed by atoms with Gasteiger partial charge in [0.2, 0.25) is 0 Å². The zero-order chi connectivity index (χ0) is 20.3. The predicted molar refractivity (Wildman–Crippen MR) is 116 cm³/mol. The molecule has 0 spiro atoms. The van der Waals surface area contributed by atoms with E-state index in [0.29, 0.717) is 12.1 Å². The zero-order valence-electron chi connectivity index (χ0n) is 16.6. The third kappa shape index (κ3) is 5.51. The normalized spacial score (nSPS) is 21.0. The molecule has 0 aliphatic carbocycles. The highest BCUT2D eigenvalue weighted by Gasteiger charge is 2.30. The van der Waals surface area contributed by atoms with Gasteiger partial charge in [-0.05, 0) is 73.7 Å². The van der Waals surface area contributed by atoms with E-state index in [4.69, 9.17) is 16.7 Å². The SMILES string of the molecule is Cc1ccc(SN2C(C)CN(Cc3ccc(Cl)cc3)CC2C)cc1CC(=O)O. The average Bonchev–Trinajstić information content (AvgIpc) is 2.62. The topological polar surface area (TPSA) is 43.8 Å². The fourth-order valence-corrected chi connectivity index (χ4v) is 4.94. The van der Waals surface area contributed by atoms with Gasteiger partial charge in [0, 0.05) is 41.6 Å². The summed E-state index contributed by atoms with van der Waals surface area (Å²) in [7, 11) is 0. The average molecular weight is 419 g/mol. The first-order valence-electron chi connectivity index (χ1n) is 9.56. The summed E-state index contributed by atoms with van der Waals surface area (Å²) in [6.07, 6.45) is 0.0697. The van der Waals surface area contributed by atoms with Crippen LogP contribution in [0.2, 0.25) is 5.02 Å². The molecule has 2 aromatic carbocycles. The molecule has 2 atom stereocenters. The Balaban J connectivity index is 1.65. The van der Waals surface area contributed by atoms with Crippen molar-refractivity contribution in [3.8, 4) is 0 Å². The third-order valence-corrected chi connectivity index (χ3v) is 6.75. The molecule has 0 amide bonds. The van der Waals surface area contributed by atoms with Crippen molar-refractivity contribution in [1.82, 2.24) is 9.21 Å². The highest BCUT2D eigenvalue weighted by atomic mass is 35.5. The fourth-order valence-electron chi connectivity index (χ4n) is 3.75. The van der Waals surface area contributed by atoms with Gasteiger partial charge in [0.25, 0.3) is 0 Å². The molecule has 150 valence electrons. The van der Waals surface area contributed by atoms with Gasteiger partial charge >= 0.3 is 5.97 Å². The van der Waals surface area contributed by atoms with Gasteiger partial charge in [-0.25, -0.2) is 4.31 Å². The Morgan fingerprint density at radius 2 is 1.79 bits per heavy atom. The van der Waals surface area contributed by atoms with E-state index in [1.54, 1.807) is 11.9 Å². The van der Waals surface area contributed by atoms with Gasteiger partial charge in [-0.1, -0.05) is 29.8 Å². The van der Waals surface area contributed by atoms with E-state index in [-0.39, 0.29) is 6.42 Å². The Morgan fingerprint density at radius 3 is 2.39 bits per heavy atom. The molecule has 2 aromatic rings. The highest BCUT2D eigenvalue weighted by molar-refractivity contribution is 7.97. The minimum atomic E-state index is -0.789. The summed E-state index contributed by atoms with van der Waals surface area (Å²) in [5.74, 6) is -0.789. The second-order valence-electron chi connectivity index (χ2n) is 7.63. The summed E-state index contributed by atoms with van der Waals surface area (Å²) in [5.41, 5.74) is 3.20. The number of benzene rings is 2. The molecule has 3 rings (SSSR count). The number of piperazine rings is 1. The molecule has 0 aromatic heterocycles. The maximum absolute atomic E-state index is 11.1. The van der Waals surface area contributed by atoms with Crippen molar-refractivity contribution in [2.75, 3.05) is 13.1 Å². The van der Waals surface area contributed by atoms with Crippen LogP contribution in [0.4, 0.5) is 0 Å². The monoisotopic (exact) mass is 418 g/mol. The van der Waals surface area contributed by atoms with Gasteiger partial charge < -0.3 is 5.11 Å². The van der Waals surface area contributed by atoms with Crippen LogP contribution in [-0.2, 0) is 17.8 Å². The molecule has 1 heterocycles. The van der Waals surface area contributed by atoms with E-state index in [9.17, 15) is 4.79 Å². The molecule has 28 heavy (non-hydrogen) atoms. The van der Waals surface area contributed by atoms with E-state index in [1.807, 2.05) is 31.2 Å².